The van der Waals surface area contributed by atoms with Crippen LogP contribution in [0.2, 0.25) is 5.02 Å². The normalized spacial score (nSPS) is 11.6. The number of hydrogen-bond acceptors (Lipinski definition) is 2. The Labute approximate surface area is 106 Å². The Morgan fingerprint density at radius 2 is 1.78 bits per heavy atom. The molecule has 1 aromatic heterocycles. The molecule has 0 spiro atoms. The molecule has 2 nitrogen and oxygen atoms in total. The molecule has 0 saturated heterocycles. The lowest BCUT2D eigenvalue weighted by Gasteiger charge is -2.07. The number of nitrogens with two attached hydrogens (primary N) is 1. The lowest BCUT2D eigenvalue weighted by atomic mass is 10.1. The van der Waals surface area contributed by atoms with Crippen LogP contribution < -0.4 is 5.73 Å². The summed E-state index contributed by atoms with van der Waals surface area (Å²) in [6, 6.07) is 7.05. The molecular weight excluding hydrogens is 265 g/mol. The van der Waals surface area contributed by atoms with Crippen LogP contribution in [0.25, 0.3) is 11.1 Å². The fraction of sp³-hybridized carbons (Fsp3) is 0.0833. The van der Waals surface area contributed by atoms with Crippen molar-refractivity contribution in [1.82, 2.24) is 4.98 Å². The maximum Gasteiger partial charge on any atom is 0.433 e. The number of pyridine rings is 1. The number of rotatable bonds is 1. The molecule has 6 heteroatoms. The van der Waals surface area contributed by atoms with Crippen LogP contribution >= 0.6 is 11.6 Å². The summed E-state index contributed by atoms with van der Waals surface area (Å²) in [7, 11) is 0. The van der Waals surface area contributed by atoms with Gasteiger partial charge < -0.3 is 5.73 Å². The van der Waals surface area contributed by atoms with Gasteiger partial charge in [-0.05, 0) is 29.8 Å². The highest BCUT2D eigenvalue weighted by Gasteiger charge is 2.32. The van der Waals surface area contributed by atoms with E-state index in [-0.39, 0.29) is 0 Å². The lowest BCUT2D eigenvalue weighted by Crippen LogP contribution is -2.07. The molecule has 0 unspecified atom stereocenters. The number of anilines is 1. The van der Waals surface area contributed by atoms with Crippen molar-refractivity contribution >= 4 is 17.3 Å². The highest BCUT2D eigenvalue weighted by Crippen LogP contribution is 2.30. The molecule has 0 fully saturated rings. The molecule has 1 heterocycles. The van der Waals surface area contributed by atoms with Crippen LogP contribution in [-0.4, -0.2) is 4.98 Å². The van der Waals surface area contributed by atoms with Gasteiger partial charge in [-0.2, -0.15) is 13.2 Å². The highest BCUT2D eigenvalue weighted by atomic mass is 35.5. The molecule has 0 aliphatic carbocycles. The minimum Gasteiger partial charge on any atom is -0.399 e. The van der Waals surface area contributed by atoms with E-state index in [0.29, 0.717) is 21.8 Å². The van der Waals surface area contributed by atoms with Gasteiger partial charge in [-0.1, -0.05) is 17.7 Å². The lowest BCUT2D eigenvalue weighted by molar-refractivity contribution is -0.141. The molecular formula is C12H8ClF3N2. The summed E-state index contributed by atoms with van der Waals surface area (Å²) in [5.74, 6) is 0. The SMILES string of the molecule is Nc1cc(Cl)cc(-c2ccc(C(F)(F)F)nc2)c1. The molecule has 2 aromatic rings. The highest BCUT2D eigenvalue weighted by molar-refractivity contribution is 6.31. The maximum absolute atomic E-state index is 12.3. The van der Waals surface area contributed by atoms with Gasteiger partial charge in [0.2, 0.25) is 0 Å². The van der Waals surface area contributed by atoms with Crippen LogP contribution in [-0.2, 0) is 6.18 Å². The molecule has 0 atom stereocenters. The van der Waals surface area contributed by atoms with E-state index in [1.807, 2.05) is 0 Å². The second-order valence-corrected chi connectivity index (χ2v) is 4.14. The average molecular weight is 273 g/mol. The van der Waals surface area contributed by atoms with Gasteiger partial charge in [0, 0.05) is 22.5 Å². The monoisotopic (exact) mass is 272 g/mol. The first-order chi connectivity index (χ1) is 8.36. The van der Waals surface area contributed by atoms with Crippen molar-refractivity contribution in [3.8, 4) is 11.1 Å². The van der Waals surface area contributed by atoms with Crippen molar-refractivity contribution in [2.75, 3.05) is 5.73 Å². The van der Waals surface area contributed by atoms with E-state index in [0.717, 1.165) is 12.3 Å². The number of aromatic nitrogens is 1. The molecule has 0 aliphatic heterocycles. The molecule has 0 radical (unpaired) electrons. The van der Waals surface area contributed by atoms with Crippen LogP contribution in [0, 0.1) is 0 Å². The topological polar surface area (TPSA) is 38.9 Å². The largest absolute Gasteiger partial charge is 0.433 e. The zero-order chi connectivity index (χ0) is 13.3. The summed E-state index contributed by atoms with van der Waals surface area (Å²) in [6.07, 6.45) is -3.29. The van der Waals surface area contributed by atoms with Crippen molar-refractivity contribution in [3.05, 3.63) is 47.2 Å². The molecule has 0 amide bonds. The average Bonchev–Trinajstić information content (AvgIpc) is 2.27. The molecule has 0 bridgehead atoms. The number of halogens is 4. The minimum absolute atomic E-state index is 0.421. The van der Waals surface area contributed by atoms with Crippen molar-refractivity contribution < 1.29 is 13.2 Å². The van der Waals surface area contributed by atoms with Gasteiger partial charge in [0.25, 0.3) is 0 Å². The van der Waals surface area contributed by atoms with Gasteiger partial charge in [0.1, 0.15) is 5.69 Å². The summed E-state index contributed by atoms with van der Waals surface area (Å²) in [6.45, 7) is 0. The Balaban J connectivity index is 2.40. The van der Waals surface area contributed by atoms with Crippen LogP contribution in [0.4, 0.5) is 18.9 Å². The third-order valence-electron chi connectivity index (χ3n) is 2.31. The predicted molar refractivity (Wildman–Crippen MR) is 64.1 cm³/mol. The summed E-state index contributed by atoms with van der Waals surface area (Å²) < 4.78 is 37.0. The Bertz CT molecular complexity index is 544. The molecule has 94 valence electrons. The summed E-state index contributed by atoms with van der Waals surface area (Å²) in [4.78, 5) is 3.38. The minimum atomic E-state index is -4.44. The standard InChI is InChI=1S/C12H8ClF3N2/c13-9-3-8(4-10(17)5-9)7-1-2-11(18-6-7)12(14,15)16/h1-6H,17H2. The van der Waals surface area contributed by atoms with E-state index >= 15 is 0 Å². The van der Waals surface area contributed by atoms with Crippen LogP contribution in [0.15, 0.2) is 36.5 Å². The van der Waals surface area contributed by atoms with Gasteiger partial charge in [0.15, 0.2) is 0 Å². The van der Waals surface area contributed by atoms with Crippen LogP contribution in [0.5, 0.6) is 0 Å². The number of hydrogen-bond donors (Lipinski definition) is 1. The number of nitrogens with zero attached hydrogens (tertiary/aromatic N) is 1. The molecule has 2 N–H and O–H groups in total. The Kier molecular flexibility index (Phi) is 3.17. The summed E-state index contributed by atoms with van der Waals surface area (Å²) in [5.41, 5.74) is 6.28. The molecule has 0 saturated carbocycles. The zero-order valence-corrected chi connectivity index (χ0v) is 9.76. The van der Waals surface area contributed by atoms with Gasteiger partial charge in [-0.3, -0.25) is 4.98 Å². The number of benzene rings is 1. The molecule has 1 aromatic carbocycles. The van der Waals surface area contributed by atoms with E-state index in [1.165, 1.54) is 6.07 Å². The quantitative estimate of drug-likeness (QED) is 0.797. The second-order valence-electron chi connectivity index (χ2n) is 3.70. The summed E-state index contributed by atoms with van der Waals surface area (Å²) in [5, 5.41) is 0.421. The summed E-state index contributed by atoms with van der Waals surface area (Å²) >= 11 is 5.82. The van der Waals surface area contributed by atoms with E-state index < -0.39 is 11.9 Å². The predicted octanol–water partition coefficient (Wildman–Crippen LogP) is 4.00. The molecule has 2 rings (SSSR count). The fourth-order valence-electron chi connectivity index (χ4n) is 1.51. The molecule has 0 aliphatic rings. The Hall–Kier alpha value is -1.75. The zero-order valence-electron chi connectivity index (χ0n) is 9.00. The third kappa shape index (κ3) is 2.73. The molecule has 18 heavy (non-hydrogen) atoms. The first kappa shape index (κ1) is 12.7. The third-order valence-corrected chi connectivity index (χ3v) is 2.53. The van der Waals surface area contributed by atoms with Crippen molar-refractivity contribution in [3.63, 3.8) is 0 Å². The number of alkyl halides is 3. The van der Waals surface area contributed by atoms with E-state index in [2.05, 4.69) is 4.98 Å². The maximum atomic E-state index is 12.3. The van der Waals surface area contributed by atoms with E-state index in [4.69, 9.17) is 17.3 Å². The van der Waals surface area contributed by atoms with Crippen molar-refractivity contribution in [1.29, 1.82) is 0 Å². The van der Waals surface area contributed by atoms with Crippen LogP contribution in [0.3, 0.4) is 0 Å². The van der Waals surface area contributed by atoms with Gasteiger partial charge in [-0.25, -0.2) is 0 Å². The van der Waals surface area contributed by atoms with Crippen molar-refractivity contribution in [2.24, 2.45) is 0 Å². The van der Waals surface area contributed by atoms with Crippen LogP contribution in [0.1, 0.15) is 5.69 Å². The van der Waals surface area contributed by atoms with E-state index in [9.17, 15) is 13.2 Å². The smallest absolute Gasteiger partial charge is 0.399 e. The second kappa shape index (κ2) is 4.49. The Morgan fingerprint density at radius 3 is 2.28 bits per heavy atom. The Morgan fingerprint density at radius 1 is 1.06 bits per heavy atom. The van der Waals surface area contributed by atoms with Gasteiger partial charge >= 0.3 is 6.18 Å². The van der Waals surface area contributed by atoms with Crippen molar-refractivity contribution in [2.45, 2.75) is 6.18 Å². The first-order valence-electron chi connectivity index (χ1n) is 4.96. The number of nitrogen functional groups attached to an aromatic ring is 1. The van der Waals surface area contributed by atoms with E-state index in [1.54, 1.807) is 18.2 Å². The fourth-order valence-corrected chi connectivity index (χ4v) is 1.75. The van der Waals surface area contributed by atoms with Gasteiger partial charge in [-0.15, -0.1) is 0 Å². The van der Waals surface area contributed by atoms with Gasteiger partial charge in [0.05, 0.1) is 0 Å². The first-order valence-corrected chi connectivity index (χ1v) is 5.34.